The van der Waals surface area contributed by atoms with Crippen LogP contribution in [-0.2, 0) is 4.79 Å². The van der Waals surface area contributed by atoms with E-state index in [9.17, 15) is 4.79 Å². The van der Waals surface area contributed by atoms with Gasteiger partial charge in [-0.1, -0.05) is 23.5 Å². The number of carbonyl (C=O) groups excluding carboxylic acids is 1. The van der Waals surface area contributed by atoms with Crippen molar-refractivity contribution in [2.75, 3.05) is 11.1 Å². The highest BCUT2D eigenvalue weighted by Gasteiger charge is 2.05. The second kappa shape index (κ2) is 4.28. The Hall–Kier alpha value is -1.95. The van der Waals surface area contributed by atoms with E-state index in [-0.39, 0.29) is 5.91 Å². The fraction of sp³-hybridized carbons (Fsp3) is 0.100. The normalized spacial score (nSPS) is 10.1. The van der Waals surface area contributed by atoms with Crippen LogP contribution in [0.1, 0.15) is 6.92 Å². The number of rotatable bonds is 2. The summed E-state index contributed by atoms with van der Waals surface area (Å²) in [5, 5.41) is 11.6. The molecule has 0 radical (unpaired) electrons. The minimum Gasteiger partial charge on any atom is -0.374 e. The summed E-state index contributed by atoms with van der Waals surface area (Å²) in [6, 6.07) is 7.39. The number of hydrogen-bond donors (Lipinski definition) is 2. The average Bonchev–Trinajstić information content (AvgIpc) is 2.64. The zero-order valence-corrected chi connectivity index (χ0v) is 9.41. The summed E-state index contributed by atoms with van der Waals surface area (Å²) < 4.78 is 0. The maximum Gasteiger partial charge on any atom is 0.221 e. The summed E-state index contributed by atoms with van der Waals surface area (Å²) in [4.78, 5) is 10.9. The quantitative estimate of drug-likeness (QED) is 0.829. The third kappa shape index (κ3) is 2.34. The van der Waals surface area contributed by atoms with Crippen LogP contribution in [-0.4, -0.2) is 16.1 Å². The van der Waals surface area contributed by atoms with Crippen LogP contribution >= 0.6 is 11.3 Å². The number of nitrogens with two attached hydrogens (primary N) is 1. The van der Waals surface area contributed by atoms with E-state index in [0.29, 0.717) is 5.13 Å². The first-order chi connectivity index (χ1) is 7.65. The maximum absolute atomic E-state index is 10.9. The minimum absolute atomic E-state index is 0.103. The van der Waals surface area contributed by atoms with Crippen LogP contribution in [0.5, 0.6) is 0 Å². The van der Waals surface area contributed by atoms with Gasteiger partial charge < -0.3 is 11.1 Å². The van der Waals surface area contributed by atoms with Crippen LogP contribution in [0, 0.1) is 0 Å². The lowest BCUT2D eigenvalue weighted by atomic mass is 10.2. The Balaban J connectivity index is 2.32. The second-order valence-corrected chi connectivity index (χ2v) is 4.22. The number of benzene rings is 1. The molecular formula is C10H10N4OS. The summed E-state index contributed by atoms with van der Waals surface area (Å²) in [5.74, 6) is -0.103. The van der Waals surface area contributed by atoms with Crippen molar-refractivity contribution in [2.24, 2.45) is 0 Å². The van der Waals surface area contributed by atoms with Crippen LogP contribution in [0.15, 0.2) is 24.3 Å². The number of amides is 1. The van der Waals surface area contributed by atoms with Gasteiger partial charge in [-0.3, -0.25) is 4.79 Å². The zero-order chi connectivity index (χ0) is 11.5. The largest absolute Gasteiger partial charge is 0.374 e. The van der Waals surface area contributed by atoms with Crippen molar-refractivity contribution in [3.63, 3.8) is 0 Å². The number of hydrogen-bond acceptors (Lipinski definition) is 5. The number of nitrogens with one attached hydrogen (secondary N) is 1. The SMILES string of the molecule is CC(=O)Nc1cccc(-c2nnc(N)s2)c1. The van der Waals surface area contributed by atoms with Crippen LogP contribution in [0.3, 0.4) is 0 Å². The molecule has 0 unspecified atom stereocenters. The number of anilines is 2. The average molecular weight is 234 g/mol. The van der Waals surface area contributed by atoms with Crippen molar-refractivity contribution in [1.82, 2.24) is 10.2 Å². The third-order valence-corrected chi connectivity index (χ3v) is 2.67. The van der Waals surface area contributed by atoms with Gasteiger partial charge in [0, 0.05) is 18.2 Å². The molecule has 1 aromatic heterocycles. The van der Waals surface area contributed by atoms with Gasteiger partial charge in [-0.25, -0.2) is 0 Å². The van der Waals surface area contributed by atoms with E-state index in [1.807, 2.05) is 24.3 Å². The molecule has 0 aliphatic rings. The van der Waals surface area contributed by atoms with E-state index in [1.54, 1.807) is 0 Å². The molecule has 1 aromatic carbocycles. The predicted octanol–water partition coefficient (Wildman–Crippen LogP) is 1.75. The molecule has 0 bridgehead atoms. The van der Waals surface area contributed by atoms with Gasteiger partial charge in [-0.15, -0.1) is 10.2 Å². The Morgan fingerprint density at radius 2 is 2.25 bits per heavy atom. The highest BCUT2D eigenvalue weighted by atomic mass is 32.1. The van der Waals surface area contributed by atoms with E-state index < -0.39 is 0 Å². The molecule has 2 rings (SSSR count). The smallest absolute Gasteiger partial charge is 0.221 e. The first kappa shape index (κ1) is 10.6. The maximum atomic E-state index is 10.9. The zero-order valence-electron chi connectivity index (χ0n) is 8.60. The van der Waals surface area contributed by atoms with Gasteiger partial charge >= 0.3 is 0 Å². The van der Waals surface area contributed by atoms with E-state index in [1.165, 1.54) is 18.3 Å². The molecular weight excluding hydrogens is 224 g/mol. The molecule has 5 nitrogen and oxygen atoms in total. The molecule has 3 N–H and O–H groups in total. The first-order valence-electron chi connectivity index (χ1n) is 4.62. The molecule has 2 aromatic rings. The second-order valence-electron chi connectivity index (χ2n) is 3.21. The van der Waals surface area contributed by atoms with Crippen molar-refractivity contribution in [2.45, 2.75) is 6.92 Å². The Bertz CT molecular complexity index is 523. The lowest BCUT2D eigenvalue weighted by molar-refractivity contribution is -0.114. The number of nitrogen functional groups attached to an aromatic ring is 1. The van der Waals surface area contributed by atoms with E-state index in [4.69, 9.17) is 5.73 Å². The van der Waals surface area contributed by atoms with Crippen LogP contribution < -0.4 is 11.1 Å². The van der Waals surface area contributed by atoms with Gasteiger partial charge in [0.1, 0.15) is 5.01 Å². The summed E-state index contributed by atoms with van der Waals surface area (Å²) in [5.41, 5.74) is 7.13. The van der Waals surface area contributed by atoms with Gasteiger partial charge in [-0.05, 0) is 12.1 Å². The molecule has 0 atom stereocenters. The van der Waals surface area contributed by atoms with Crippen molar-refractivity contribution in [1.29, 1.82) is 0 Å². The molecule has 0 aliphatic carbocycles. The highest BCUT2D eigenvalue weighted by molar-refractivity contribution is 7.18. The lowest BCUT2D eigenvalue weighted by Crippen LogP contribution is -2.05. The monoisotopic (exact) mass is 234 g/mol. The Labute approximate surface area is 96.3 Å². The topological polar surface area (TPSA) is 80.9 Å². The first-order valence-corrected chi connectivity index (χ1v) is 5.44. The number of aromatic nitrogens is 2. The molecule has 1 heterocycles. The molecule has 0 saturated carbocycles. The molecule has 0 spiro atoms. The molecule has 0 aliphatic heterocycles. The summed E-state index contributed by atoms with van der Waals surface area (Å²) in [6.45, 7) is 1.47. The summed E-state index contributed by atoms with van der Waals surface area (Å²) in [7, 11) is 0. The van der Waals surface area contributed by atoms with Crippen LogP contribution in [0.25, 0.3) is 10.6 Å². The van der Waals surface area contributed by atoms with Crippen LogP contribution in [0.2, 0.25) is 0 Å². The number of nitrogens with zero attached hydrogens (tertiary/aromatic N) is 2. The van der Waals surface area contributed by atoms with Gasteiger partial charge in [-0.2, -0.15) is 0 Å². The van der Waals surface area contributed by atoms with E-state index in [0.717, 1.165) is 16.3 Å². The van der Waals surface area contributed by atoms with Gasteiger partial charge in [0.15, 0.2) is 0 Å². The van der Waals surface area contributed by atoms with E-state index >= 15 is 0 Å². The summed E-state index contributed by atoms with van der Waals surface area (Å²) >= 11 is 1.31. The highest BCUT2D eigenvalue weighted by Crippen LogP contribution is 2.26. The van der Waals surface area contributed by atoms with Crippen molar-refractivity contribution >= 4 is 28.1 Å². The Morgan fingerprint density at radius 3 is 2.88 bits per heavy atom. The summed E-state index contributed by atoms with van der Waals surface area (Å²) in [6.07, 6.45) is 0. The number of carbonyl (C=O) groups is 1. The van der Waals surface area contributed by atoms with Crippen molar-refractivity contribution in [3.05, 3.63) is 24.3 Å². The standard InChI is InChI=1S/C10H10N4OS/c1-6(15)12-8-4-2-3-7(5-8)9-13-14-10(11)16-9/h2-5H,1H3,(H2,11,14)(H,12,15). The van der Waals surface area contributed by atoms with Crippen molar-refractivity contribution in [3.8, 4) is 10.6 Å². The van der Waals surface area contributed by atoms with E-state index in [2.05, 4.69) is 15.5 Å². The Kier molecular flexibility index (Phi) is 2.82. The molecule has 0 saturated heterocycles. The molecule has 6 heteroatoms. The lowest BCUT2D eigenvalue weighted by Gasteiger charge is -2.02. The van der Waals surface area contributed by atoms with Gasteiger partial charge in [0.25, 0.3) is 0 Å². The minimum atomic E-state index is -0.103. The fourth-order valence-electron chi connectivity index (χ4n) is 1.28. The third-order valence-electron chi connectivity index (χ3n) is 1.87. The van der Waals surface area contributed by atoms with Crippen molar-refractivity contribution < 1.29 is 4.79 Å². The molecule has 16 heavy (non-hydrogen) atoms. The van der Waals surface area contributed by atoms with Gasteiger partial charge in [0.2, 0.25) is 11.0 Å². The fourth-order valence-corrected chi connectivity index (χ4v) is 1.89. The van der Waals surface area contributed by atoms with Gasteiger partial charge in [0.05, 0.1) is 0 Å². The van der Waals surface area contributed by atoms with Crippen LogP contribution in [0.4, 0.5) is 10.8 Å². The molecule has 1 amide bonds. The Morgan fingerprint density at radius 1 is 1.44 bits per heavy atom. The predicted molar refractivity (Wildman–Crippen MR) is 64.1 cm³/mol. The molecule has 0 fully saturated rings. The molecule has 82 valence electrons.